The first kappa shape index (κ1) is 25.7. The Kier molecular flexibility index (Phi) is 9.75. The highest BCUT2D eigenvalue weighted by atomic mass is 16.3. The van der Waals surface area contributed by atoms with E-state index in [9.17, 15) is 14.7 Å². The second kappa shape index (κ2) is 12.5. The molecule has 0 aliphatic heterocycles. The lowest BCUT2D eigenvalue weighted by Crippen LogP contribution is -2.51. The number of nitrogens with one attached hydrogen (secondary N) is 2. The van der Waals surface area contributed by atoms with Gasteiger partial charge >= 0.3 is 0 Å². The molecular formula is C27H43N3O3. The monoisotopic (exact) mass is 457 g/mol. The Bertz CT molecular complexity index is 750. The lowest BCUT2D eigenvalue weighted by atomic mass is 9.75. The van der Waals surface area contributed by atoms with E-state index < -0.39 is 18.2 Å². The Balaban J connectivity index is 1.44. The van der Waals surface area contributed by atoms with Gasteiger partial charge in [-0.25, -0.2) is 0 Å². The van der Waals surface area contributed by atoms with Crippen LogP contribution in [-0.4, -0.2) is 41.2 Å². The number of benzene rings is 1. The summed E-state index contributed by atoms with van der Waals surface area (Å²) in [6, 6.07) is 9.12. The third-order valence-electron chi connectivity index (χ3n) is 7.49. The van der Waals surface area contributed by atoms with Crippen LogP contribution in [0.2, 0.25) is 0 Å². The van der Waals surface area contributed by atoms with E-state index in [0.29, 0.717) is 12.8 Å². The maximum atomic E-state index is 13.0. The Morgan fingerprint density at radius 1 is 1.09 bits per heavy atom. The lowest BCUT2D eigenvalue weighted by Gasteiger charge is -2.31. The van der Waals surface area contributed by atoms with Crippen molar-refractivity contribution in [2.75, 3.05) is 0 Å². The first-order valence-corrected chi connectivity index (χ1v) is 12.9. The maximum Gasteiger partial charge on any atom is 0.242 e. The van der Waals surface area contributed by atoms with Crippen LogP contribution in [0.3, 0.4) is 0 Å². The molecule has 0 aromatic heterocycles. The lowest BCUT2D eigenvalue weighted by molar-refractivity contribution is -0.131. The molecule has 0 heterocycles. The molecule has 1 aromatic carbocycles. The highest BCUT2D eigenvalue weighted by Crippen LogP contribution is 2.42. The number of carbonyl (C=O) groups excluding carboxylic acids is 2. The number of aliphatic hydroxyl groups is 1. The van der Waals surface area contributed by atoms with Crippen LogP contribution in [0, 0.1) is 17.8 Å². The van der Waals surface area contributed by atoms with Crippen LogP contribution < -0.4 is 16.4 Å². The SMILES string of the molecule is CC(C)CC(NC(=O)CC(O)C(N)CCc1ccccc1)C(=O)NC1CCC(C2CCC2)C1. The molecular weight excluding hydrogens is 414 g/mol. The van der Waals surface area contributed by atoms with Crippen molar-refractivity contribution in [2.24, 2.45) is 23.5 Å². The molecule has 6 nitrogen and oxygen atoms in total. The molecule has 0 spiro atoms. The van der Waals surface area contributed by atoms with Crippen LogP contribution in [0.4, 0.5) is 0 Å². The van der Waals surface area contributed by atoms with E-state index in [0.717, 1.165) is 36.7 Å². The number of rotatable bonds is 12. The van der Waals surface area contributed by atoms with Crippen molar-refractivity contribution < 1.29 is 14.7 Å². The van der Waals surface area contributed by atoms with Gasteiger partial charge in [0.2, 0.25) is 11.8 Å². The quantitative estimate of drug-likeness (QED) is 0.386. The third-order valence-corrected chi connectivity index (χ3v) is 7.49. The summed E-state index contributed by atoms with van der Waals surface area (Å²) in [6.07, 6.45) is 8.22. The predicted octanol–water partition coefficient (Wildman–Crippen LogP) is 3.31. The largest absolute Gasteiger partial charge is 0.391 e. The minimum Gasteiger partial charge on any atom is -0.391 e. The highest BCUT2D eigenvalue weighted by Gasteiger charge is 2.35. The van der Waals surface area contributed by atoms with Crippen molar-refractivity contribution in [3.8, 4) is 0 Å². The van der Waals surface area contributed by atoms with E-state index in [1.165, 1.54) is 25.7 Å². The summed E-state index contributed by atoms with van der Waals surface area (Å²) in [7, 11) is 0. The number of hydrogen-bond acceptors (Lipinski definition) is 4. The standard InChI is InChI=1S/C27H43N3O3/c1-18(2)15-24(27(33)29-22-13-12-21(16-22)20-9-6-10-20)30-26(32)17-25(31)23(28)14-11-19-7-4-3-5-8-19/h3-5,7-8,18,20-25,31H,6,9-17,28H2,1-2H3,(H,29,33)(H,30,32). The van der Waals surface area contributed by atoms with Crippen molar-refractivity contribution in [2.45, 2.75) is 102 Å². The van der Waals surface area contributed by atoms with Crippen LogP contribution in [0.25, 0.3) is 0 Å². The van der Waals surface area contributed by atoms with E-state index in [4.69, 9.17) is 5.73 Å². The number of aliphatic hydroxyl groups excluding tert-OH is 1. The highest BCUT2D eigenvalue weighted by molar-refractivity contribution is 5.88. The van der Waals surface area contributed by atoms with Gasteiger partial charge in [0.05, 0.1) is 12.5 Å². The minimum absolute atomic E-state index is 0.0922. The third kappa shape index (κ3) is 8.11. The molecule has 1 aromatic rings. The molecule has 5 N–H and O–H groups in total. The molecule has 2 saturated carbocycles. The summed E-state index contributed by atoms with van der Waals surface area (Å²) in [5.41, 5.74) is 7.30. The first-order valence-electron chi connectivity index (χ1n) is 12.9. The van der Waals surface area contributed by atoms with Gasteiger partial charge in [-0.05, 0) is 61.8 Å². The van der Waals surface area contributed by atoms with Crippen LogP contribution in [0.1, 0.15) is 77.2 Å². The van der Waals surface area contributed by atoms with Gasteiger partial charge in [-0.1, -0.05) is 63.4 Å². The summed E-state index contributed by atoms with van der Waals surface area (Å²) in [5.74, 6) is 1.45. The average Bonchev–Trinajstić information content (AvgIpc) is 3.18. The molecule has 0 radical (unpaired) electrons. The zero-order valence-corrected chi connectivity index (χ0v) is 20.3. The van der Waals surface area contributed by atoms with Crippen LogP contribution in [-0.2, 0) is 16.0 Å². The summed E-state index contributed by atoms with van der Waals surface area (Å²) in [4.78, 5) is 25.6. The van der Waals surface area contributed by atoms with Crippen molar-refractivity contribution in [1.29, 1.82) is 0 Å². The van der Waals surface area contributed by atoms with Crippen LogP contribution in [0.5, 0.6) is 0 Å². The number of amides is 2. The van der Waals surface area contributed by atoms with Crippen molar-refractivity contribution in [1.82, 2.24) is 10.6 Å². The Labute approximate surface area is 199 Å². The van der Waals surface area contributed by atoms with Gasteiger partial charge in [-0.15, -0.1) is 0 Å². The van der Waals surface area contributed by atoms with Gasteiger partial charge in [-0.3, -0.25) is 9.59 Å². The molecule has 2 amide bonds. The van der Waals surface area contributed by atoms with Crippen molar-refractivity contribution >= 4 is 11.8 Å². The van der Waals surface area contributed by atoms with Gasteiger partial charge in [0.1, 0.15) is 6.04 Å². The smallest absolute Gasteiger partial charge is 0.242 e. The molecule has 6 heteroatoms. The van der Waals surface area contributed by atoms with Crippen LogP contribution >= 0.6 is 0 Å². The molecule has 0 saturated heterocycles. The Morgan fingerprint density at radius 2 is 1.82 bits per heavy atom. The van der Waals surface area contributed by atoms with E-state index in [-0.39, 0.29) is 30.2 Å². The average molecular weight is 458 g/mol. The molecule has 2 aliphatic rings. The Morgan fingerprint density at radius 3 is 2.45 bits per heavy atom. The molecule has 5 unspecified atom stereocenters. The number of nitrogens with two attached hydrogens (primary N) is 1. The van der Waals surface area contributed by atoms with E-state index >= 15 is 0 Å². The number of carbonyl (C=O) groups is 2. The second-order valence-electron chi connectivity index (χ2n) is 10.7. The fourth-order valence-corrected chi connectivity index (χ4v) is 5.26. The predicted molar refractivity (Wildman–Crippen MR) is 131 cm³/mol. The Hall–Kier alpha value is -1.92. The van der Waals surface area contributed by atoms with E-state index in [2.05, 4.69) is 10.6 Å². The fourth-order valence-electron chi connectivity index (χ4n) is 5.26. The zero-order valence-electron chi connectivity index (χ0n) is 20.3. The molecule has 5 atom stereocenters. The van der Waals surface area contributed by atoms with Crippen LogP contribution in [0.15, 0.2) is 30.3 Å². The van der Waals surface area contributed by atoms with Gasteiger partial charge < -0.3 is 21.5 Å². The molecule has 2 aliphatic carbocycles. The van der Waals surface area contributed by atoms with Gasteiger partial charge in [0, 0.05) is 12.1 Å². The second-order valence-corrected chi connectivity index (χ2v) is 10.7. The summed E-state index contributed by atoms with van der Waals surface area (Å²) >= 11 is 0. The van der Waals surface area contributed by atoms with Gasteiger partial charge in [0.15, 0.2) is 0 Å². The molecule has 0 bridgehead atoms. The van der Waals surface area contributed by atoms with Crippen molar-refractivity contribution in [3.63, 3.8) is 0 Å². The van der Waals surface area contributed by atoms with Gasteiger partial charge in [0.25, 0.3) is 0 Å². The van der Waals surface area contributed by atoms with Gasteiger partial charge in [-0.2, -0.15) is 0 Å². The minimum atomic E-state index is -0.936. The first-order chi connectivity index (χ1) is 15.8. The maximum absolute atomic E-state index is 13.0. The number of hydrogen-bond donors (Lipinski definition) is 4. The summed E-state index contributed by atoms with van der Waals surface area (Å²) in [5, 5.41) is 16.5. The molecule has 33 heavy (non-hydrogen) atoms. The molecule has 184 valence electrons. The topological polar surface area (TPSA) is 104 Å². The van der Waals surface area contributed by atoms with Crippen molar-refractivity contribution in [3.05, 3.63) is 35.9 Å². The molecule has 3 rings (SSSR count). The van der Waals surface area contributed by atoms with E-state index in [1.54, 1.807) is 0 Å². The van der Waals surface area contributed by atoms with E-state index in [1.807, 2.05) is 44.2 Å². The number of aryl methyl sites for hydroxylation is 1. The normalized spacial score (nSPS) is 23.5. The summed E-state index contributed by atoms with van der Waals surface area (Å²) in [6.45, 7) is 4.09. The fraction of sp³-hybridized carbons (Fsp3) is 0.704. The summed E-state index contributed by atoms with van der Waals surface area (Å²) < 4.78 is 0. The molecule has 2 fully saturated rings. The zero-order chi connectivity index (χ0) is 23.8.